The molecule has 0 aliphatic rings. The van der Waals surface area contributed by atoms with Crippen LogP contribution >= 0.6 is 0 Å². The second-order valence-electron chi connectivity index (χ2n) is 10.1. The van der Waals surface area contributed by atoms with E-state index in [9.17, 15) is 0 Å². The van der Waals surface area contributed by atoms with Crippen LogP contribution in [0.3, 0.4) is 0 Å². The van der Waals surface area contributed by atoms with Gasteiger partial charge in [-0.2, -0.15) is 0 Å². The van der Waals surface area contributed by atoms with Crippen molar-refractivity contribution in [3.05, 3.63) is 0 Å². The minimum absolute atomic E-state index is 0.0208. The SMILES string of the molecule is COC(O)COCCOCCOCCOCCOCCOCCOCCOCCOCCOCCOCCOCCOCCOCCOCCO. The first kappa shape index (κ1) is 50.3. The van der Waals surface area contributed by atoms with Crippen molar-refractivity contribution < 1.29 is 86.0 Å². The smallest absolute Gasteiger partial charge is 0.177 e. The summed E-state index contributed by atoms with van der Waals surface area (Å²) in [5, 5.41) is 17.7. The van der Waals surface area contributed by atoms with E-state index in [1.54, 1.807) is 0 Å². The summed E-state index contributed by atoms with van der Waals surface area (Å²) >= 11 is 0. The summed E-state index contributed by atoms with van der Waals surface area (Å²) in [6.07, 6.45) is -0.906. The normalized spacial score (nSPS) is 12.3. The highest BCUT2D eigenvalue weighted by Crippen LogP contribution is 1.89. The van der Waals surface area contributed by atoms with Crippen molar-refractivity contribution in [2.45, 2.75) is 6.29 Å². The van der Waals surface area contributed by atoms with Crippen molar-refractivity contribution in [2.24, 2.45) is 0 Å². The first-order chi connectivity index (χ1) is 25.3. The number of hydrogen-bond donors (Lipinski definition) is 2. The Hall–Kier alpha value is -0.720. The lowest BCUT2D eigenvalue weighted by molar-refractivity contribution is -0.123. The van der Waals surface area contributed by atoms with Crippen molar-refractivity contribution in [1.82, 2.24) is 0 Å². The summed E-state index contributed by atoms with van der Waals surface area (Å²) in [6, 6.07) is 0. The molecule has 1 atom stereocenters. The van der Waals surface area contributed by atoms with Crippen LogP contribution in [0.5, 0.6) is 0 Å². The molecule has 2 N–H and O–H groups in total. The van der Waals surface area contributed by atoms with E-state index in [1.807, 2.05) is 0 Å². The Morgan fingerprint density at radius 2 is 0.431 bits per heavy atom. The molecule has 0 saturated carbocycles. The lowest BCUT2D eigenvalue weighted by Crippen LogP contribution is -2.19. The van der Waals surface area contributed by atoms with E-state index in [2.05, 4.69) is 4.74 Å². The molecule has 1 unspecified atom stereocenters. The predicted octanol–water partition coefficient (Wildman–Crippen LogP) is -0.807. The monoisotopic (exact) mass is 752 g/mol. The molecule has 0 aromatic carbocycles. The number of aliphatic hydroxyl groups excluding tert-OH is 2. The minimum Gasteiger partial charge on any atom is -0.394 e. The molecule has 51 heavy (non-hydrogen) atoms. The Bertz CT molecular complexity index is 612. The van der Waals surface area contributed by atoms with Gasteiger partial charge in [0, 0.05) is 7.11 Å². The van der Waals surface area contributed by atoms with Gasteiger partial charge in [-0.25, -0.2) is 0 Å². The predicted molar refractivity (Wildman–Crippen MR) is 182 cm³/mol. The van der Waals surface area contributed by atoms with E-state index in [-0.39, 0.29) is 13.2 Å². The Kier molecular flexibility index (Phi) is 46.6. The summed E-state index contributed by atoms with van der Waals surface area (Å²) in [7, 11) is 1.41. The Labute approximate surface area is 304 Å². The highest BCUT2D eigenvalue weighted by Gasteiger charge is 2.00. The zero-order valence-electron chi connectivity index (χ0n) is 30.9. The van der Waals surface area contributed by atoms with Gasteiger partial charge in [0.2, 0.25) is 0 Å². The second kappa shape index (κ2) is 47.3. The zero-order chi connectivity index (χ0) is 36.8. The molecule has 0 amide bonds. The second-order valence-corrected chi connectivity index (χ2v) is 10.1. The highest BCUT2D eigenvalue weighted by molar-refractivity contribution is 4.41. The van der Waals surface area contributed by atoms with Gasteiger partial charge in [0.05, 0.1) is 205 Å². The Morgan fingerprint density at radius 1 is 0.275 bits per heavy atom. The summed E-state index contributed by atoms with van der Waals surface area (Å²) in [5.74, 6) is 0. The maximum Gasteiger partial charge on any atom is 0.177 e. The average molecular weight is 753 g/mol. The first-order valence-corrected chi connectivity index (χ1v) is 17.8. The van der Waals surface area contributed by atoms with Crippen LogP contribution in [0.4, 0.5) is 0 Å². The molecular formula is C33H68O18. The van der Waals surface area contributed by atoms with Crippen LogP contribution in [0.15, 0.2) is 0 Å². The van der Waals surface area contributed by atoms with E-state index in [1.165, 1.54) is 7.11 Å². The van der Waals surface area contributed by atoms with Gasteiger partial charge in [0.1, 0.15) is 0 Å². The van der Waals surface area contributed by atoms with E-state index in [4.69, 9.17) is 81.3 Å². The molecule has 0 radical (unpaired) electrons. The number of hydrogen-bond acceptors (Lipinski definition) is 18. The summed E-state index contributed by atoms with van der Waals surface area (Å²) < 4.78 is 85.6. The minimum atomic E-state index is -0.906. The van der Waals surface area contributed by atoms with Gasteiger partial charge in [-0.05, 0) is 0 Å². The van der Waals surface area contributed by atoms with Gasteiger partial charge in [0.25, 0.3) is 0 Å². The molecule has 0 spiro atoms. The quantitative estimate of drug-likeness (QED) is 0.0580. The van der Waals surface area contributed by atoms with Crippen LogP contribution in [0, 0.1) is 0 Å². The van der Waals surface area contributed by atoms with Crippen LogP contribution < -0.4 is 0 Å². The summed E-state index contributed by atoms with van der Waals surface area (Å²) in [4.78, 5) is 0. The third-order valence-corrected chi connectivity index (χ3v) is 5.98. The molecule has 0 aliphatic heterocycles. The molecule has 18 nitrogen and oxygen atoms in total. The lowest BCUT2D eigenvalue weighted by Gasteiger charge is -2.10. The molecule has 0 saturated heterocycles. The molecule has 0 aromatic heterocycles. The first-order valence-electron chi connectivity index (χ1n) is 17.8. The summed E-state index contributed by atoms with van der Waals surface area (Å²) in [6.45, 7) is 14.0. The maximum atomic E-state index is 9.15. The lowest BCUT2D eigenvalue weighted by atomic mass is 10.6. The molecule has 0 aliphatic carbocycles. The zero-order valence-corrected chi connectivity index (χ0v) is 30.9. The number of rotatable bonds is 47. The molecular weight excluding hydrogens is 684 g/mol. The van der Waals surface area contributed by atoms with Gasteiger partial charge < -0.3 is 86.0 Å². The van der Waals surface area contributed by atoms with Gasteiger partial charge in [-0.3, -0.25) is 0 Å². The van der Waals surface area contributed by atoms with Crippen molar-refractivity contribution in [3.63, 3.8) is 0 Å². The Morgan fingerprint density at radius 3 is 0.588 bits per heavy atom. The summed E-state index contributed by atoms with van der Waals surface area (Å²) in [5.41, 5.74) is 0. The highest BCUT2D eigenvalue weighted by atomic mass is 16.6. The topological polar surface area (TPSA) is 188 Å². The van der Waals surface area contributed by atoms with Gasteiger partial charge in [-0.1, -0.05) is 0 Å². The van der Waals surface area contributed by atoms with Crippen LogP contribution in [0.2, 0.25) is 0 Å². The molecule has 0 rings (SSSR count). The molecule has 0 aromatic rings. The number of ether oxygens (including phenoxy) is 16. The van der Waals surface area contributed by atoms with Crippen LogP contribution in [0.1, 0.15) is 0 Å². The van der Waals surface area contributed by atoms with E-state index < -0.39 is 6.29 Å². The van der Waals surface area contributed by atoms with Crippen molar-refractivity contribution in [3.8, 4) is 0 Å². The molecule has 308 valence electrons. The van der Waals surface area contributed by atoms with E-state index >= 15 is 0 Å². The fraction of sp³-hybridized carbons (Fsp3) is 1.00. The molecule has 0 fully saturated rings. The molecule has 0 heterocycles. The Balaban J connectivity index is 3.05. The molecule has 18 heteroatoms. The van der Waals surface area contributed by atoms with Gasteiger partial charge in [-0.15, -0.1) is 0 Å². The van der Waals surface area contributed by atoms with Crippen LogP contribution in [0.25, 0.3) is 0 Å². The number of aliphatic hydroxyl groups is 2. The molecule has 0 bridgehead atoms. The van der Waals surface area contributed by atoms with Gasteiger partial charge >= 0.3 is 0 Å². The van der Waals surface area contributed by atoms with Crippen molar-refractivity contribution in [2.75, 3.05) is 212 Å². The standard InChI is InChI=1S/C33H68O18/c1-36-33(35)32-51-31-30-50-29-28-49-27-26-48-25-24-47-23-22-46-21-20-45-19-18-44-17-16-43-15-14-42-13-12-41-11-10-40-9-8-39-7-6-38-5-4-37-3-2-34/h33-35H,2-32H2,1H3. The maximum absolute atomic E-state index is 9.15. The van der Waals surface area contributed by atoms with E-state index in [0.717, 1.165) is 0 Å². The van der Waals surface area contributed by atoms with Crippen molar-refractivity contribution >= 4 is 0 Å². The van der Waals surface area contributed by atoms with Crippen LogP contribution in [-0.4, -0.2) is 228 Å². The van der Waals surface area contributed by atoms with Crippen LogP contribution in [-0.2, 0) is 75.8 Å². The fourth-order valence-electron chi connectivity index (χ4n) is 3.40. The largest absolute Gasteiger partial charge is 0.394 e. The number of methoxy groups -OCH3 is 1. The van der Waals surface area contributed by atoms with E-state index in [0.29, 0.717) is 192 Å². The fourth-order valence-corrected chi connectivity index (χ4v) is 3.40. The van der Waals surface area contributed by atoms with Crippen molar-refractivity contribution in [1.29, 1.82) is 0 Å². The third kappa shape index (κ3) is 47.3. The third-order valence-electron chi connectivity index (χ3n) is 5.98. The average Bonchev–Trinajstić information content (AvgIpc) is 3.14. The van der Waals surface area contributed by atoms with Gasteiger partial charge in [0.15, 0.2) is 6.29 Å².